The predicted molar refractivity (Wildman–Crippen MR) is 68.2 cm³/mol. The summed E-state index contributed by atoms with van der Waals surface area (Å²) in [5.41, 5.74) is 0.391. The van der Waals surface area contributed by atoms with Crippen LogP contribution in [-0.4, -0.2) is 17.2 Å². The maximum atomic E-state index is 9.06. The van der Waals surface area contributed by atoms with Crippen molar-refractivity contribution in [1.82, 2.24) is 4.98 Å². The number of halogens is 1. The zero-order valence-electron chi connectivity index (χ0n) is 9.76. The minimum absolute atomic E-state index is 0.224. The van der Waals surface area contributed by atoms with E-state index in [0.717, 1.165) is 5.75 Å². The van der Waals surface area contributed by atoms with Crippen LogP contribution in [0.3, 0.4) is 0 Å². The molecule has 0 fully saturated rings. The topological polar surface area (TPSA) is 51.6 Å². The van der Waals surface area contributed by atoms with Gasteiger partial charge in [0, 0.05) is 6.07 Å². The minimum atomic E-state index is -0.224. The number of aliphatic hydroxyl groups excluding tert-OH is 1. The number of rotatable bonds is 4. The first-order chi connectivity index (χ1) is 8.72. The molecule has 0 radical (unpaired) electrons. The molecule has 1 aromatic carbocycles. The van der Waals surface area contributed by atoms with E-state index in [-0.39, 0.29) is 6.61 Å². The van der Waals surface area contributed by atoms with Gasteiger partial charge in [0.05, 0.1) is 24.4 Å². The second kappa shape index (κ2) is 5.71. The maximum Gasteiger partial charge on any atom is 0.219 e. The smallest absolute Gasteiger partial charge is 0.219 e. The molecule has 0 unspecified atom stereocenters. The molecular weight excluding hydrogens is 254 g/mol. The van der Waals surface area contributed by atoms with Gasteiger partial charge >= 0.3 is 0 Å². The molecule has 0 saturated heterocycles. The summed E-state index contributed by atoms with van der Waals surface area (Å²) < 4.78 is 10.6. The van der Waals surface area contributed by atoms with Crippen molar-refractivity contribution in [2.24, 2.45) is 0 Å². The highest BCUT2D eigenvalue weighted by atomic mass is 35.5. The lowest BCUT2D eigenvalue weighted by Crippen LogP contribution is -1.94. The van der Waals surface area contributed by atoms with Crippen molar-refractivity contribution in [3.63, 3.8) is 0 Å². The molecule has 94 valence electrons. The van der Waals surface area contributed by atoms with Crippen LogP contribution in [0.1, 0.15) is 5.69 Å². The Morgan fingerprint density at radius 1 is 1.11 bits per heavy atom. The number of hydrogen-bond donors (Lipinski definition) is 1. The van der Waals surface area contributed by atoms with Crippen molar-refractivity contribution < 1.29 is 14.6 Å². The number of aromatic nitrogens is 1. The number of nitrogens with zero attached hydrogens (tertiary/aromatic N) is 1. The predicted octanol–water partition coefficient (Wildman–Crippen LogP) is 3.03. The van der Waals surface area contributed by atoms with E-state index in [1.54, 1.807) is 43.5 Å². The number of hydrogen-bond acceptors (Lipinski definition) is 4. The van der Waals surface area contributed by atoms with Gasteiger partial charge in [0.1, 0.15) is 11.5 Å². The molecule has 0 aliphatic rings. The number of benzene rings is 1. The molecule has 1 heterocycles. The van der Waals surface area contributed by atoms with E-state index in [1.807, 2.05) is 0 Å². The first-order valence-electron chi connectivity index (χ1n) is 5.31. The lowest BCUT2D eigenvalue weighted by Gasteiger charge is -2.07. The highest BCUT2D eigenvalue weighted by Crippen LogP contribution is 2.24. The van der Waals surface area contributed by atoms with Gasteiger partial charge in [-0.1, -0.05) is 11.6 Å². The summed E-state index contributed by atoms with van der Waals surface area (Å²) >= 11 is 5.84. The van der Waals surface area contributed by atoms with Gasteiger partial charge in [0.15, 0.2) is 0 Å². The zero-order chi connectivity index (χ0) is 13.0. The first-order valence-corrected chi connectivity index (χ1v) is 5.69. The molecule has 2 aromatic rings. The summed E-state index contributed by atoms with van der Waals surface area (Å²) in [6.45, 7) is -0.224. The van der Waals surface area contributed by atoms with Gasteiger partial charge in [-0.3, -0.25) is 0 Å². The third-order valence-corrected chi connectivity index (χ3v) is 2.67. The van der Waals surface area contributed by atoms with Crippen molar-refractivity contribution in [1.29, 1.82) is 0 Å². The number of methoxy groups -OCH3 is 1. The Bertz CT molecular complexity index is 528. The molecule has 1 N–H and O–H groups in total. The second-order valence-corrected chi connectivity index (χ2v) is 3.92. The van der Waals surface area contributed by atoms with Crippen molar-refractivity contribution in [2.45, 2.75) is 6.61 Å². The van der Waals surface area contributed by atoms with Crippen LogP contribution < -0.4 is 9.47 Å². The molecule has 1 aromatic heterocycles. The fourth-order valence-electron chi connectivity index (χ4n) is 1.40. The van der Waals surface area contributed by atoms with E-state index in [2.05, 4.69) is 4.98 Å². The lowest BCUT2D eigenvalue weighted by atomic mass is 10.3. The standard InChI is InChI=1S/C13H12ClNO3/c1-17-9-2-4-10(5-3-9)18-13-7-6-11(14)12(8-16)15-13/h2-7,16H,8H2,1H3. The SMILES string of the molecule is COc1ccc(Oc2ccc(Cl)c(CO)n2)cc1. The van der Waals surface area contributed by atoms with E-state index in [9.17, 15) is 0 Å². The van der Waals surface area contributed by atoms with E-state index < -0.39 is 0 Å². The van der Waals surface area contributed by atoms with Crippen molar-refractivity contribution >= 4 is 11.6 Å². The van der Waals surface area contributed by atoms with Gasteiger partial charge in [-0.05, 0) is 30.3 Å². The van der Waals surface area contributed by atoms with Crippen molar-refractivity contribution in [3.05, 3.63) is 47.1 Å². The summed E-state index contributed by atoms with van der Waals surface area (Å²) in [4.78, 5) is 4.09. The van der Waals surface area contributed by atoms with Crippen LogP contribution in [0.4, 0.5) is 0 Å². The van der Waals surface area contributed by atoms with Gasteiger partial charge in [-0.2, -0.15) is 0 Å². The Balaban J connectivity index is 2.17. The van der Waals surface area contributed by atoms with Crippen LogP contribution in [0.2, 0.25) is 5.02 Å². The number of aliphatic hydroxyl groups is 1. The average Bonchev–Trinajstić information content (AvgIpc) is 2.42. The Labute approximate surface area is 110 Å². The van der Waals surface area contributed by atoms with Gasteiger partial charge in [0.25, 0.3) is 0 Å². The minimum Gasteiger partial charge on any atom is -0.497 e. The maximum absolute atomic E-state index is 9.06. The summed E-state index contributed by atoms with van der Waals surface area (Å²) in [5, 5.41) is 9.47. The quantitative estimate of drug-likeness (QED) is 0.923. The molecule has 0 aliphatic heterocycles. The van der Waals surface area contributed by atoms with Gasteiger partial charge in [-0.15, -0.1) is 0 Å². The summed E-state index contributed by atoms with van der Waals surface area (Å²) in [5.74, 6) is 1.77. The summed E-state index contributed by atoms with van der Waals surface area (Å²) in [7, 11) is 1.60. The normalized spacial score (nSPS) is 10.2. The van der Waals surface area contributed by atoms with Gasteiger partial charge < -0.3 is 14.6 Å². The molecule has 18 heavy (non-hydrogen) atoms. The van der Waals surface area contributed by atoms with Crippen LogP contribution in [-0.2, 0) is 6.61 Å². The Morgan fingerprint density at radius 2 is 1.78 bits per heavy atom. The van der Waals surface area contributed by atoms with E-state index in [4.69, 9.17) is 26.2 Å². The van der Waals surface area contributed by atoms with Crippen LogP contribution >= 0.6 is 11.6 Å². The third kappa shape index (κ3) is 2.91. The molecule has 0 aliphatic carbocycles. The second-order valence-electron chi connectivity index (χ2n) is 3.51. The van der Waals surface area contributed by atoms with Crippen molar-refractivity contribution in [2.75, 3.05) is 7.11 Å². The summed E-state index contributed by atoms with van der Waals surface area (Å²) in [6, 6.07) is 10.4. The van der Waals surface area contributed by atoms with E-state index >= 15 is 0 Å². The van der Waals surface area contributed by atoms with Gasteiger partial charge in [-0.25, -0.2) is 4.98 Å². The Hall–Kier alpha value is -1.78. The number of ether oxygens (including phenoxy) is 2. The largest absolute Gasteiger partial charge is 0.497 e. The monoisotopic (exact) mass is 265 g/mol. The van der Waals surface area contributed by atoms with Crippen molar-refractivity contribution in [3.8, 4) is 17.4 Å². The molecule has 2 rings (SSSR count). The highest BCUT2D eigenvalue weighted by Gasteiger charge is 2.04. The van der Waals surface area contributed by atoms with Crippen LogP contribution in [0.15, 0.2) is 36.4 Å². The zero-order valence-corrected chi connectivity index (χ0v) is 10.5. The Morgan fingerprint density at radius 3 is 2.39 bits per heavy atom. The van der Waals surface area contributed by atoms with E-state index in [0.29, 0.717) is 22.3 Å². The molecule has 5 heteroatoms. The molecule has 0 amide bonds. The first kappa shape index (κ1) is 12.7. The average molecular weight is 266 g/mol. The Kier molecular flexibility index (Phi) is 4.02. The van der Waals surface area contributed by atoms with Gasteiger partial charge in [0.2, 0.25) is 5.88 Å². The van der Waals surface area contributed by atoms with E-state index in [1.165, 1.54) is 0 Å². The molecule has 4 nitrogen and oxygen atoms in total. The summed E-state index contributed by atoms with van der Waals surface area (Å²) in [6.07, 6.45) is 0. The third-order valence-electron chi connectivity index (χ3n) is 2.32. The van der Waals surface area contributed by atoms with Crippen LogP contribution in [0.5, 0.6) is 17.4 Å². The highest BCUT2D eigenvalue weighted by molar-refractivity contribution is 6.31. The molecular formula is C13H12ClNO3. The molecule has 0 bridgehead atoms. The van der Waals surface area contributed by atoms with Crippen LogP contribution in [0, 0.1) is 0 Å². The molecule has 0 atom stereocenters. The fourth-order valence-corrected chi connectivity index (χ4v) is 1.56. The molecule has 0 saturated carbocycles. The number of pyridine rings is 1. The fraction of sp³-hybridized carbons (Fsp3) is 0.154. The molecule has 0 spiro atoms. The lowest BCUT2D eigenvalue weighted by molar-refractivity contribution is 0.275. The van der Waals surface area contributed by atoms with Crippen LogP contribution in [0.25, 0.3) is 0 Å².